The number of primary amides is 1. The zero-order valence-electron chi connectivity index (χ0n) is 19.2. The van der Waals surface area contributed by atoms with Gasteiger partial charge in [-0.1, -0.05) is 73.1 Å². The molecule has 2 aromatic carbocycles. The Morgan fingerprint density at radius 2 is 1.94 bits per heavy atom. The Hall–Kier alpha value is -3.26. The molecule has 1 atom stereocenters. The van der Waals surface area contributed by atoms with Crippen LogP contribution in [-0.2, 0) is 11.4 Å². The molecule has 1 aliphatic rings. The molecular weight excluding hydrogens is 434 g/mol. The number of hydrogen-bond acceptors (Lipinski definition) is 6. The van der Waals surface area contributed by atoms with Gasteiger partial charge in [0.25, 0.3) is 0 Å². The van der Waals surface area contributed by atoms with Gasteiger partial charge in [0.15, 0.2) is 0 Å². The van der Waals surface area contributed by atoms with Gasteiger partial charge >= 0.3 is 0 Å². The molecule has 0 bridgehead atoms. The molecule has 7 nitrogen and oxygen atoms in total. The SMILES string of the molecule is CCCCSc1nc2n(n1)C(c1ccccc1OCc1ccc(C)cc1)C(C(N)=O)=C(C)N2. The van der Waals surface area contributed by atoms with E-state index in [0.717, 1.165) is 29.7 Å². The number of hydrogen-bond donors (Lipinski definition) is 2. The Labute approximate surface area is 198 Å². The number of benzene rings is 2. The standard InChI is InChI=1S/C25H29N5O2S/c1-4-5-14-33-25-28-24-27-17(3)21(23(26)31)22(30(24)29-25)19-8-6-7-9-20(19)32-15-18-12-10-16(2)11-13-18/h6-13,22H,4-5,14-15H2,1-3H3,(H2,26,31)(H,27,28,29). The van der Waals surface area contributed by atoms with Crippen molar-refractivity contribution in [2.75, 3.05) is 11.1 Å². The third-order valence-electron chi connectivity index (χ3n) is 5.56. The van der Waals surface area contributed by atoms with Crippen LogP contribution < -0.4 is 15.8 Å². The van der Waals surface area contributed by atoms with Crippen LogP contribution in [0.1, 0.15) is 49.4 Å². The first-order chi connectivity index (χ1) is 16.0. The largest absolute Gasteiger partial charge is 0.489 e. The second kappa shape index (κ2) is 10.1. The molecule has 0 radical (unpaired) electrons. The summed E-state index contributed by atoms with van der Waals surface area (Å²) in [7, 11) is 0. The number of aromatic nitrogens is 3. The molecule has 4 rings (SSSR count). The molecule has 1 unspecified atom stereocenters. The highest BCUT2D eigenvalue weighted by atomic mass is 32.2. The quantitative estimate of drug-likeness (QED) is 0.349. The molecule has 0 aliphatic carbocycles. The number of anilines is 1. The average molecular weight is 464 g/mol. The minimum atomic E-state index is -0.527. The maximum Gasteiger partial charge on any atom is 0.248 e. The zero-order chi connectivity index (χ0) is 23.4. The number of rotatable bonds is 9. The molecule has 1 amide bonds. The van der Waals surface area contributed by atoms with Crippen LogP contribution in [0.3, 0.4) is 0 Å². The number of aryl methyl sites for hydroxylation is 1. The number of carbonyl (C=O) groups is 1. The first-order valence-corrected chi connectivity index (χ1v) is 12.1. The van der Waals surface area contributed by atoms with E-state index in [4.69, 9.17) is 15.6 Å². The van der Waals surface area contributed by atoms with Crippen molar-refractivity contribution in [2.45, 2.75) is 51.4 Å². The van der Waals surface area contributed by atoms with Gasteiger partial charge in [0.2, 0.25) is 17.0 Å². The number of nitrogens with zero attached hydrogens (tertiary/aromatic N) is 3. The number of allylic oxidation sites excluding steroid dienone is 1. The van der Waals surface area contributed by atoms with Crippen molar-refractivity contribution in [2.24, 2.45) is 5.73 Å². The Balaban J connectivity index is 1.70. The molecule has 0 fully saturated rings. The van der Waals surface area contributed by atoms with Crippen molar-refractivity contribution in [3.05, 3.63) is 76.5 Å². The number of nitrogens with two attached hydrogens (primary N) is 1. The van der Waals surface area contributed by atoms with Crippen molar-refractivity contribution in [3.63, 3.8) is 0 Å². The highest BCUT2D eigenvalue weighted by Gasteiger charge is 2.35. The fraction of sp³-hybridized carbons (Fsp3) is 0.320. The molecule has 172 valence electrons. The van der Waals surface area contributed by atoms with Crippen LogP contribution in [0.4, 0.5) is 5.95 Å². The number of unbranched alkanes of at least 4 members (excludes halogenated alkanes) is 1. The summed E-state index contributed by atoms with van der Waals surface area (Å²) in [6, 6.07) is 15.4. The Morgan fingerprint density at radius 1 is 1.18 bits per heavy atom. The number of carbonyl (C=O) groups excluding carboxylic acids is 1. The van der Waals surface area contributed by atoms with Crippen LogP contribution >= 0.6 is 11.8 Å². The zero-order valence-corrected chi connectivity index (χ0v) is 20.0. The summed E-state index contributed by atoms with van der Waals surface area (Å²) in [5.41, 5.74) is 10.0. The lowest BCUT2D eigenvalue weighted by molar-refractivity contribution is -0.115. The van der Waals surface area contributed by atoms with Gasteiger partial charge < -0.3 is 15.8 Å². The molecule has 3 N–H and O–H groups in total. The lowest BCUT2D eigenvalue weighted by Crippen LogP contribution is -2.32. The molecule has 1 aliphatic heterocycles. The van der Waals surface area contributed by atoms with Gasteiger partial charge in [0.05, 0.1) is 5.57 Å². The Bertz CT molecular complexity index is 1170. The molecule has 3 aromatic rings. The summed E-state index contributed by atoms with van der Waals surface area (Å²) in [5, 5.41) is 8.60. The summed E-state index contributed by atoms with van der Waals surface area (Å²) in [4.78, 5) is 17.2. The Kier molecular flexibility index (Phi) is 7.03. The highest BCUT2D eigenvalue weighted by Crippen LogP contribution is 2.39. The maximum absolute atomic E-state index is 12.5. The summed E-state index contributed by atoms with van der Waals surface area (Å²) in [6.07, 6.45) is 2.20. The second-order valence-electron chi connectivity index (χ2n) is 8.11. The number of thioether (sulfide) groups is 1. The van der Waals surface area contributed by atoms with Crippen LogP contribution in [0, 0.1) is 6.92 Å². The first kappa shape index (κ1) is 22.9. The van der Waals surface area contributed by atoms with Gasteiger partial charge in [0, 0.05) is 17.0 Å². The molecule has 33 heavy (non-hydrogen) atoms. The topological polar surface area (TPSA) is 95.1 Å². The summed E-state index contributed by atoms with van der Waals surface area (Å²) >= 11 is 1.61. The number of fused-ring (bicyclic) bond motifs is 1. The monoisotopic (exact) mass is 463 g/mol. The lowest BCUT2D eigenvalue weighted by Gasteiger charge is -2.28. The molecular formula is C25H29N5O2S. The fourth-order valence-corrected chi connectivity index (χ4v) is 4.70. The second-order valence-corrected chi connectivity index (χ2v) is 9.17. The van der Waals surface area contributed by atoms with Gasteiger partial charge in [0.1, 0.15) is 18.4 Å². The van der Waals surface area contributed by atoms with E-state index in [9.17, 15) is 4.79 Å². The van der Waals surface area contributed by atoms with Crippen molar-refractivity contribution in [1.82, 2.24) is 14.8 Å². The maximum atomic E-state index is 12.5. The van der Waals surface area contributed by atoms with Crippen molar-refractivity contribution >= 4 is 23.6 Å². The minimum absolute atomic E-state index is 0.416. The van der Waals surface area contributed by atoms with E-state index in [0.29, 0.717) is 34.7 Å². The summed E-state index contributed by atoms with van der Waals surface area (Å²) < 4.78 is 7.96. The van der Waals surface area contributed by atoms with Gasteiger partial charge in [-0.05, 0) is 31.9 Å². The lowest BCUT2D eigenvalue weighted by atomic mass is 9.94. The molecule has 0 spiro atoms. The third-order valence-corrected chi connectivity index (χ3v) is 6.48. The van der Waals surface area contributed by atoms with E-state index >= 15 is 0 Å². The van der Waals surface area contributed by atoms with Crippen LogP contribution in [-0.4, -0.2) is 26.4 Å². The van der Waals surface area contributed by atoms with Gasteiger partial charge in [-0.3, -0.25) is 4.79 Å². The molecule has 8 heteroatoms. The van der Waals surface area contributed by atoms with E-state index in [1.807, 2.05) is 31.2 Å². The molecule has 0 saturated heterocycles. The highest BCUT2D eigenvalue weighted by molar-refractivity contribution is 7.99. The first-order valence-electron chi connectivity index (χ1n) is 11.1. The number of nitrogens with one attached hydrogen (secondary N) is 1. The number of amides is 1. The van der Waals surface area contributed by atoms with Crippen molar-refractivity contribution in [3.8, 4) is 5.75 Å². The normalized spacial score (nSPS) is 15.2. The average Bonchev–Trinajstić information content (AvgIpc) is 3.20. The van der Waals surface area contributed by atoms with E-state index < -0.39 is 11.9 Å². The Morgan fingerprint density at radius 3 is 2.67 bits per heavy atom. The van der Waals surface area contributed by atoms with Crippen LogP contribution in [0.15, 0.2) is 65.0 Å². The predicted octanol–water partition coefficient (Wildman–Crippen LogP) is 4.83. The van der Waals surface area contributed by atoms with Crippen LogP contribution in [0.2, 0.25) is 0 Å². The van der Waals surface area contributed by atoms with Crippen LogP contribution in [0.5, 0.6) is 5.75 Å². The molecule has 0 saturated carbocycles. The van der Waals surface area contributed by atoms with E-state index in [1.54, 1.807) is 16.4 Å². The van der Waals surface area contributed by atoms with Crippen LogP contribution in [0.25, 0.3) is 0 Å². The third kappa shape index (κ3) is 5.06. The smallest absolute Gasteiger partial charge is 0.248 e. The molecule has 1 aromatic heterocycles. The number of para-hydroxylation sites is 1. The van der Waals surface area contributed by atoms with Crippen molar-refractivity contribution in [1.29, 1.82) is 0 Å². The van der Waals surface area contributed by atoms with E-state index in [-0.39, 0.29) is 0 Å². The van der Waals surface area contributed by atoms with E-state index in [2.05, 4.69) is 48.4 Å². The summed E-state index contributed by atoms with van der Waals surface area (Å²) in [6.45, 7) is 6.47. The minimum Gasteiger partial charge on any atom is -0.489 e. The van der Waals surface area contributed by atoms with Gasteiger partial charge in [-0.15, -0.1) is 5.10 Å². The van der Waals surface area contributed by atoms with E-state index in [1.165, 1.54) is 5.56 Å². The fourth-order valence-electron chi connectivity index (χ4n) is 3.79. The van der Waals surface area contributed by atoms with Gasteiger partial charge in [-0.2, -0.15) is 4.98 Å². The summed E-state index contributed by atoms with van der Waals surface area (Å²) in [5.74, 6) is 1.71. The number of ether oxygens (including phenoxy) is 1. The van der Waals surface area contributed by atoms with Gasteiger partial charge in [-0.25, -0.2) is 4.68 Å². The van der Waals surface area contributed by atoms with Crippen molar-refractivity contribution < 1.29 is 9.53 Å². The predicted molar refractivity (Wildman–Crippen MR) is 131 cm³/mol. The molecule has 2 heterocycles.